The van der Waals surface area contributed by atoms with Crippen LogP contribution in [0.15, 0.2) is 42.5 Å². The standard InChI is InChI=1S/C16H13ClN2O3S/c1-19(23(21)22)12-5-2-10(3-6-12)8-14-13-7-4-11(17)9-15(13)18-16(14)20/h2-9H,1H3,(H,18,20)(H,21,22)/p-1. The van der Waals surface area contributed by atoms with Crippen LogP contribution in [-0.4, -0.2) is 21.7 Å². The smallest absolute Gasteiger partial charge is 0.256 e. The Morgan fingerprint density at radius 3 is 2.57 bits per heavy atom. The average Bonchev–Trinajstić information content (AvgIpc) is 2.82. The van der Waals surface area contributed by atoms with E-state index in [9.17, 15) is 13.6 Å². The number of nitrogens with zero attached hydrogens (tertiary/aromatic N) is 1. The molecule has 0 aliphatic carbocycles. The molecule has 0 radical (unpaired) electrons. The molecule has 0 saturated carbocycles. The first-order valence-electron chi connectivity index (χ1n) is 6.72. The lowest BCUT2D eigenvalue weighted by Gasteiger charge is -2.21. The summed E-state index contributed by atoms with van der Waals surface area (Å²) in [5.74, 6) is -0.191. The van der Waals surface area contributed by atoms with E-state index >= 15 is 0 Å². The van der Waals surface area contributed by atoms with Crippen LogP contribution < -0.4 is 9.62 Å². The van der Waals surface area contributed by atoms with E-state index in [1.54, 1.807) is 48.5 Å². The van der Waals surface area contributed by atoms with Crippen LogP contribution in [0.1, 0.15) is 11.1 Å². The second kappa shape index (κ2) is 6.16. The van der Waals surface area contributed by atoms with Gasteiger partial charge < -0.3 is 14.2 Å². The first-order valence-corrected chi connectivity index (χ1v) is 8.13. The minimum Gasteiger partial charge on any atom is -0.755 e. The third-order valence-corrected chi connectivity index (χ3v) is 4.45. The fraction of sp³-hybridized carbons (Fsp3) is 0.0625. The molecule has 23 heavy (non-hydrogen) atoms. The summed E-state index contributed by atoms with van der Waals surface area (Å²) in [6.45, 7) is 0. The minimum atomic E-state index is -2.32. The van der Waals surface area contributed by atoms with Crippen molar-refractivity contribution in [3.8, 4) is 0 Å². The van der Waals surface area contributed by atoms with Gasteiger partial charge in [-0.2, -0.15) is 0 Å². The highest BCUT2D eigenvalue weighted by molar-refractivity contribution is 7.80. The Morgan fingerprint density at radius 2 is 1.91 bits per heavy atom. The van der Waals surface area contributed by atoms with Crippen LogP contribution in [0.5, 0.6) is 0 Å². The lowest BCUT2D eigenvalue weighted by atomic mass is 10.0. The molecule has 2 aromatic rings. The van der Waals surface area contributed by atoms with E-state index in [4.69, 9.17) is 11.6 Å². The molecule has 1 atom stereocenters. The Labute approximate surface area is 141 Å². The fourth-order valence-electron chi connectivity index (χ4n) is 2.34. The molecule has 2 aromatic carbocycles. The molecule has 1 heterocycles. The Hall–Kier alpha value is -2.15. The summed E-state index contributed by atoms with van der Waals surface area (Å²) in [6.07, 6.45) is 1.76. The fourth-order valence-corrected chi connectivity index (χ4v) is 2.81. The summed E-state index contributed by atoms with van der Waals surface area (Å²) < 4.78 is 23.0. The number of rotatable bonds is 3. The van der Waals surface area contributed by atoms with Crippen LogP contribution in [0, 0.1) is 0 Å². The van der Waals surface area contributed by atoms with Gasteiger partial charge in [-0.3, -0.25) is 9.00 Å². The van der Waals surface area contributed by atoms with Crippen molar-refractivity contribution in [2.45, 2.75) is 0 Å². The summed E-state index contributed by atoms with van der Waals surface area (Å²) in [5, 5.41) is 3.33. The van der Waals surface area contributed by atoms with E-state index in [0.29, 0.717) is 22.0 Å². The molecular formula is C16H12ClN2O3S-. The Bertz CT molecular complexity index is 834. The highest BCUT2D eigenvalue weighted by atomic mass is 35.5. The SMILES string of the molecule is CN(c1ccc(C=C2C(=O)Nc3cc(Cl)ccc32)cc1)S(=O)[O-]. The van der Waals surface area contributed by atoms with E-state index in [1.807, 2.05) is 0 Å². The molecule has 1 aliphatic heterocycles. The molecule has 1 amide bonds. The number of carbonyl (C=O) groups is 1. The van der Waals surface area contributed by atoms with Gasteiger partial charge in [0.05, 0.1) is 5.69 Å². The van der Waals surface area contributed by atoms with Crippen LogP contribution in [0.4, 0.5) is 11.4 Å². The number of amides is 1. The number of hydrogen-bond acceptors (Lipinski definition) is 3. The number of carbonyl (C=O) groups excluding carboxylic acids is 1. The van der Waals surface area contributed by atoms with Crippen molar-refractivity contribution >= 4 is 51.8 Å². The normalized spacial score (nSPS) is 16.1. The highest BCUT2D eigenvalue weighted by Gasteiger charge is 2.23. The summed E-state index contributed by atoms with van der Waals surface area (Å²) in [4.78, 5) is 12.1. The lowest BCUT2D eigenvalue weighted by molar-refractivity contribution is -0.110. The maximum Gasteiger partial charge on any atom is 0.256 e. The maximum absolute atomic E-state index is 12.1. The number of hydrogen-bond donors (Lipinski definition) is 1. The molecule has 0 aromatic heterocycles. The van der Waals surface area contributed by atoms with Gasteiger partial charge in [0, 0.05) is 40.2 Å². The zero-order valence-corrected chi connectivity index (χ0v) is 13.6. The molecule has 0 fully saturated rings. The van der Waals surface area contributed by atoms with Crippen molar-refractivity contribution in [2.24, 2.45) is 0 Å². The average molecular weight is 348 g/mol. The molecule has 3 rings (SSSR count). The van der Waals surface area contributed by atoms with E-state index in [-0.39, 0.29) is 5.91 Å². The van der Waals surface area contributed by atoms with E-state index in [0.717, 1.165) is 15.4 Å². The van der Waals surface area contributed by atoms with Crippen LogP contribution in [0.2, 0.25) is 5.02 Å². The first kappa shape index (κ1) is 15.7. The molecule has 118 valence electrons. The maximum atomic E-state index is 12.1. The quantitative estimate of drug-likeness (QED) is 0.685. The Morgan fingerprint density at radius 1 is 1.22 bits per heavy atom. The van der Waals surface area contributed by atoms with E-state index in [1.165, 1.54) is 7.05 Å². The summed E-state index contributed by atoms with van der Waals surface area (Å²) in [6, 6.07) is 12.1. The zero-order valence-electron chi connectivity index (χ0n) is 12.1. The van der Waals surface area contributed by atoms with Gasteiger partial charge in [-0.05, 0) is 35.9 Å². The van der Waals surface area contributed by atoms with Gasteiger partial charge in [0.25, 0.3) is 5.91 Å². The molecule has 1 aliphatic rings. The number of halogens is 1. The van der Waals surface area contributed by atoms with Crippen molar-refractivity contribution in [2.75, 3.05) is 16.7 Å². The van der Waals surface area contributed by atoms with Crippen molar-refractivity contribution < 1.29 is 13.6 Å². The van der Waals surface area contributed by atoms with E-state index in [2.05, 4.69) is 5.32 Å². The van der Waals surface area contributed by atoms with Crippen molar-refractivity contribution in [3.63, 3.8) is 0 Å². The predicted octanol–water partition coefficient (Wildman–Crippen LogP) is 3.06. The van der Waals surface area contributed by atoms with Crippen molar-refractivity contribution in [1.29, 1.82) is 0 Å². The van der Waals surface area contributed by atoms with Crippen LogP contribution in [-0.2, 0) is 16.1 Å². The van der Waals surface area contributed by atoms with Crippen LogP contribution in [0.25, 0.3) is 11.6 Å². The number of nitrogens with one attached hydrogen (secondary N) is 1. The molecule has 0 bridgehead atoms. The molecular weight excluding hydrogens is 336 g/mol. The summed E-state index contributed by atoms with van der Waals surface area (Å²) in [5.41, 5.74) is 3.37. The van der Waals surface area contributed by atoms with Gasteiger partial charge in [0.1, 0.15) is 0 Å². The highest BCUT2D eigenvalue weighted by Crippen LogP contribution is 2.35. The molecule has 5 nitrogen and oxygen atoms in total. The van der Waals surface area contributed by atoms with Gasteiger partial charge in [0.2, 0.25) is 0 Å². The third-order valence-electron chi connectivity index (χ3n) is 3.56. The molecule has 1 N–H and O–H groups in total. The Kier molecular flexibility index (Phi) is 4.21. The summed E-state index contributed by atoms with van der Waals surface area (Å²) >= 11 is 3.61. The van der Waals surface area contributed by atoms with Crippen molar-refractivity contribution in [3.05, 3.63) is 58.6 Å². The number of fused-ring (bicyclic) bond motifs is 1. The van der Waals surface area contributed by atoms with Gasteiger partial charge in [0.15, 0.2) is 0 Å². The van der Waals surface area contributed by atoms with Gasteiger partial charge in [-0.1, -0.05) is 29.8 Å². The molecule has 1 unspecified atom stereocenters. The molecule has 0 saturated heterocycles. The Balaban J connectivity index is 1.94. The van der Waals surface area contributed by atoms with Gasteiger partial charge >= 0.3 is 0 Å². The van der Waals surface area contributed by atoms with Crippen molar-refractivity contribution in [1.82, 2.24) is 0 Å². The summed E-state index contributed by atoms with van der Waals surface area (Å²) in [7, 11) is 1.46. The van der Waals surface area contributed by atoms with Gasteiger partial charge in [-0.15, -0.1) is 0 Å². The zero-order chi connectivity index (χ0) is 16.6. The number of benzene rings is 2. The monoisotopic (exact) mass is 347 g/mol. The molecule has 7 heteroatoms. The van der Waals surface area contributed by atoms with Crippen LogP contribution in [0.3, 0.4) is 0 Å². The topological polar surface area (TPSA) is 72.5 Å². The minimum absolute atomic E-state index is 0.191. The van der Waals surface area contributed by atoms with Crippen LogP contribution >= 0.6 is 11.6 Å². The second-order valence-corrected chi connectivity index (χ2v) is 6.43. The largest absolute Gasteiger partial charge is 0.755 e. The first-order chi connectivity index (χ1) is 11.0. The molecule has 0 spiro atoms. The van der Waals surface area contributed by atoms with E-state index < -0.39 is 11.3 Å². The number of anilines is 2. The lowest BCUT2D eigenvalue weighted by Crippen LogP contribution is -2.19. The third kappa shape index (κ3) is 3.14. The second-order valence-electron chi connectivity index (χ2n) is 5.01. The van der Waals surface area contributed by atoms with Gasteiger partial charge in [-0.25, -0.2) is 0 Å². The predicted molar refractivity (Wildman–Crippen MR) is 91.7 cm³/mol.